The Bertz CT molecular complexity index is 1140. The van der Waals surface area contributed by atoms with Gasteiger partial charge in [0.15, 0.2) is 11.5 Å². The summed E-state index contributed by atoms with van der Waals surface area (Å²) in [5.41, 5.74) is 2.50. The number of aryl methyl sites for hydroxylation is 1. The van der Waals surface area contributed by atoms with Crippen molar-refractivity contribution in [3.63, 3.8) is 0 Å². The number of hydrogen-bond donors (Lipinski definition) is 0. The van der Waals surface area contributed by atoms with Gasteiger partial charge in [0.25, 0.3) is 10.0 Å². The van der Waals surface area contributed by atoms with Crippen LogP contribution in [0.4, 0.5) is 0 Å². The third kappa shape index (κ3) is 5.84. The zero-order valence-corrected chi connectivity index (χ0v) is 18.3. The molecule has 0 saturated heterocycles. The first kappa shape index (κ1) is 21.9. The number of sulfonamides is 1. The highest BCUT2D eigenvalue weighted by Crippen LogP contribution is 2.29. The van der Waals surface area contributed by atoms with Crippen molar-refractivity contribution in [2.75, 3.05) is 6.61 Å². The van der Waals surface area contributed by atoms with E-state index in [1.807, 2.05) is 32.0 Å². The minimum Gasteiger partial charge on any atom is -0.490 e. The molecule has 3 aromatic carbocycles. The standard InChI is InChI=1S/C23H22ClNO4S/c1-3-28-23-14-18(15-25-30(26,27)21-10-7-17(2)8-11-21)9-12-22(23)29-16-19-5-4-6-20(24)13-19/h4-15H,3,16H2,1-2H3/b25-15-. The molecule has 0 bridgehead atoms. The Labute approximate surface area is 182 Å². The Morgan fingerprint density at radius 3 is 2.43 bits per heavy atom. The molecule has 0 amide bonds. The van der Waals surface area contributed by atoms with E-state index in [0.717, 1.165) is 11.1 Å². The molecule has 3 aromatic rings. The van der Waals surface area contributed by atoms with Crippen LogP contribution in [0.3, 0.4) is 0 Å². The summed E-state index contributed by atoms with van der Waals surface area (Å²) in [7, 11) is -3.78. The molecule has 3 rings (SSSR count). The van der Waals surface area contributed by atoms with Crippen molar-refractivity contribution in [2.24, 2.45) is 4.40 Å². The van der Waals surface area contributed by atoms with Crippen molar-refractivity contribution in [3.8, 4) is 11.5 Å². The van der Waals surface area contributed by atoms with E-state index in [9.17, 15) is 8.42 Å². The number of nitrogens with zero attached hydrogens (tertiary/aromatic N) is 1. The molecule has 0 atom stereocenters. The molecule has 0 aliphatic carbocycles. The van der Waals surface area contributed by atoms with E-state index in [4.69, 9.17) is 21.1 Å². The number of rotatable bonds is 8. The topological polar surface area (TPSA) is 65.0 Å². The first-order chi connectivity index (χ1) is 14.4. The van der Waals surface area contributed by atoms with E-state index in [2.05, 4.69) is 4.40 Å². The van der Waals surface area contributed by atoms with Gasteiger partial charge >= 0.3 is 0 Å². The summed E-state index contributed by atoms with van der Waals surface area (Å²) < 4.78 is 40.2. The smallest absolute Gasteiger partial charge is 0.282 e. The van der Waals surface area contributed by atoms with Gasteiger partial charge in [0.05, 0.1) is 11.5 Å². The average Bonchev–Trinajstić information content (AvgIpc) is 2.72. The Kier molecular flexibility index (Phi) is 7.13. The van der Waals surface area contributed by atoms with Crippen LogP contribution in [0, 0.1) is 6.92 Å². The molecule has 0 unspecified atom stereocenters. The van der Waals surface area contributed by atoms with Crippen LogP contribution >= 0.6 is 11.6 Å². The van der Waals surface area contributed by atoms with Gasteiger partial charge in [0, 0.05) is 11.2 Å². The lowest BCUT2D eigenvalue weighted by atomic mass is 10.2. The van der Waals surface area contributed by atoms with Crippen LogP contribution < -0.4 is 9.47 Å². The summed E-state index contributed by atoms with van der Waals surface area (Å²) in [6, 6.07) is 19.1. The highest BCUT2D eigenvalue weighted by atomic mass is 35.5. The summed E-state index contributed by atoms with van der Waals surface area (Å²) >= 11 is 6.01. The molecule has 7 heteroatoms. The molecule has 0 aliphatic heterocycles. The summed E-state index contributed by atoms with van der Waals surface area (Å²) in [4.78, 5) is 0.149. The van der Waals surface area contributed by atoms with Gasteiger partial charge in [-0.05, 0) is 67.4 Å². The van der Waals surface area contributed by atoms with Crippen LogP contribution in [-0.2, 0) is 16.6 Å². The second-order valence-corrected chi connectivity index (χ2v) is 8.65. The van der Waals surface area contributed by atoms with Crippen LogP contribution in [0.1, 0.15) is 23.6 Å². The van der Waals surface area contributed by atoms with E-state index >= 15 is 0 Å². The van der Waals surface area contributed by atoms with Crippen molar-refractivity contribution in [2.45, 2.75) is 25.3 Å². The molecule has 0 saturated carbocycles. The molecule has 0 spiro atoms. The van der Waals surface area contributed by atoms with Crippen molar-refractivity contribution < 1.29 is 17.9 Å². The lowest BCUT2D eigenvalue weighted by Gasteiger charge is -2.12. The summed E-state index contributed by atoms with van der Waals surface area (Å²) in [5.74, 6) is 1.06. The third-order valence-electron chi connectivity index (χ3n) is 4.21. The van der Waals surface area contributed by atoms with E-state index in [1.165, 1.54) is 6.21 Å². The maximum atomic E-state index is 12.4. The van der Waals surface area contributed by atoms with Gasteiger partial charge in [-0.15, -0.1) is 0 Å². The van der Waals surface area contributed by atoms with Gasteiger partial charge in [-0.2, -0.15) is 12.8 Å². The first-order valence-electron chi connectivity index (χ1n) is 9.38. The fourth-order valence-corrected chi connectivity index (χ4v) is 3.76. The Morgan fingerprint density at radius 1 is 0.967 bits per heavy atom. The maximum absolute atomic E-state index is 12.4. The molecule has 0 N–H and O–H groups in total. The highest BCUT2D eigenvalue weighted by molar-refractivity contribution is 7.90. The number of benzene rings is 3. The molecule has 5 nitrogen and oxygen atoms in total. The molecule has 0 aromatic heterocycles. The van der Waals surface area contributed by atoms with Crippen molar-refractivity contribution in [1.82, 2.24) is 0 Å². The Morgan fingerprint density at radius 2 is 1.73 bits per heavy atom. The lowest BCUT2D eigenvalue weighted by molar-refractivity contribution is 0.269. The van der Waals surface area contributed by atoms with Crippen LogP contribution in [0.25, 0.3) is 0 Å². The molecule has 30 heavy (non-hydrogen) atoms. The molecule has 0 radical (unpaired) electrons. The van der Waals surface area contributed by atoms with E-state index in [0.29, 0.717) is 35.3 Å². The van der Waals surface area contributed by atoms with Crippen molar-refractivity contribution >= 4 is 27.8 Å². The quantitative estimate of drug-likeness (QED) is 0.435. The minimum atomic E-state index is -3.78. The molecule has 0 fully saturated rings. The summed E-state index contributed by atoms with van der Waals surface area (Å²) in [6.45, 7) is 4.53. The molecule has 0 aliphatic rings. The second-order valence-electron chi connectivity index (χ2n) is 6.58. The van der Waals surface area contributed by atoms with Gasteiger partial charge in [-0.1, -0.05) is 41.4 Å². The van der Waals surface area contributed by atoms with E-state index in [-0.39, 0.29) is 4.90 Å². The molecule has 156 valence electrons. The maximum Gasteiger partial charge on any atom is 0.282 e. The average molecular weight is 444 g/mol. The molecular formula is C23H22ClNO4S. The number of hydrogen-bond acceptors (Lipinski definition) is 4. The van der Waals surface area contributed by atoms with Gasteiger partial charge < -0.3 is 9.47 Å². The minimum absolute atomic E-state index is 0.149. The molecular weight excluding hydrogens is 422 g/mol. The second kappa shape index (κ2) is 9.78. The Hall–Kier alpha value is -2.83. The van der Waals surface area contributed by atoms with Crippen LogP contribution in [0.5, 0.6) is 11.5 Å². The van der Waals surface area contributed by atoms with Gasteiger partial charge in [-0.25, -0.2) is 0 Å². The zero-order chi connectivity index (χ0) is 21.6. The fraction of sp³-hybridized carbons (Fsp3) is 0.174. The van der Waals surface area contributed by atoms with Crippen molar-refractivity contribution in [1.29, 1.82) is 0 Å². The summed E-state index contributed by atoms with van der Waals surface area (Å²) in [6.07, 6.45) is 1.30. The highest BCUT2D eigenvalue weighted by Gasteiger charge is 2.12. The first-order valence-corrected chi connectivity index (χ1v) is 11.2. The SMILES string of the molecule is CCOc1cc(/C=N\S(=O)(=O)c2ccc(C)cc2)ccc1OCc1cccc(Cl)c1. The predicted molar refractivity (Wildman–Crippen MR) is 119 cm³/mol. The summed E-state index contributed by atoms with van der Waals surface area (Å²) in [5, 5.41) is 0.641. The lowest BCUT2D eigenvalue weighted by Crippen LogP contribution is -2.01. The Balaban J connectivity index is 1.78. The largest absolute Gasteiger partial charge is 0.490 e. The zero-order valence-electron chi connectivity index (χ0n) is 16.7. The third-order valence-corrected chi connectivity index (χ3v) is 5.70. The van der Waals surface area contributed by atoms with Crippen LogP contribution in [0.15, 0.2) is 76.0 Å². The fourth-order valence-electron chi connectivity index (χ4n) is 2.68. The van der Waals surface area contributed by atoms with Gasteiger partial charge in [-0.3, -0.25) is 0 Å². The normalized spacial score (nSPS) is 11.6. The number of halogens is 1. The molecule has 0 heterocycles. The van der Waals surface area contributed by atoms with E-state index in [1.54, 1.807) is 48.5 Å². The number of ether oxygens (including phenoxy) is 2. The van der Waals surface area contributed by atoms with Gasteiger partial charge in [0.2, 0.25) is 0 Å². The predicted octanol–water partition coefficient (Wildman–Crippen LogP) is 5.43. The van der Waals surface area contributed by atoms with Crippen LogP contribution in [0.2, 0.25) is 5.02 Å². The van der Waals surface area contributed by atoms with Crippen LogP contribution in [-0.4, -0.2) is 21.2 Å². The van der Waals surface area contributed by atoms with Crippen molar-refractivity contribution in [3.05, 3.63) is 88.4 Å². The van der Waals surface area contributed by atoms with E-state index < -0.39 is 10.0 Å². The van der Waals surface area contributed by atoms with Gasteiger partial charge in [0.1, 0.15) is 6.61 Å². The monoisotopic (exact) mass is 443 g/mol.